The Morgan fingerprint density at radius 2 is 2.08 bits per heavy atom. The molecule has 2 N–H and O–H groups in total. The highest BCUT2D eigenvalue weighted by Crippen LogP contribution is 2.26. The normalized spacial score (nSPS) is 15.9. The molecule has 0 fully saturated rings. The summed E-state index contributed by atoms with van der Waals surface area (Å²) >= 11 is 0. The van der Waals surface area contributed by atoms with Gasteiger partial charge in [0.05, 0.1) is 12.3 Å². The predicted molar refractivity (Wildman–Crippen MR) is 93.3 cm³/mol. The number of aromatic amines is 1. The van der Waals surface area contributed by atoms with Crippen LogP contribution in [0.1, 0.15) is 16.1 Å². The zero-order chi connectivity index (χ0) is 17.1. The van der Waals surface area contributed by atoms with Gasteiger partial charge in [-0.05, 0) is 36.2 Å². The lowest BCUT2D eigenvalue weighted by molar-refractivity contribution is 0.0934. The number of nitrogens with one attached hydrogen (secondary N) is 2. The molecule has 2 aromatic heterocycles. The maximum absolute atomic E-state index is 12.3. The Hall–Kier alpha value is -3.15. The van der Waals surface area contributed by atoms with Gasteiger partial charge >= 0.3 is 0 Å². The van der Waals surface area contributed by atoms with E-state index in [0.29, 0.717) is 18.8 Å². The molecule has 3 heterocycles. The summed E-state index contributed by atoms with van der Waals surface area (Å²) in [5.41, 5.74) is 3.28. The summed E-state index contributed by atoms with van der Waals surface area (Å²) in [5, 5.41) is 9.95. The van der Waals surface area contributed by atoms with Crippen molar-refractivity contribution >= 4 is 5.91 Å². The van der Waals surface area contributed by atoms with Crippen LogP contribution in [0, 0.1) is 5.92 Å². The van der Waals surface area contributed by atoms with Crippen molar-refractivity contribution in [3.8, 4) is 17.0 Å². The van der Waals surface area contributed by atoms with Crippen LogP contribution in [0.25, 0.3) is 11.3 Å². The summed E-state index contributed by atoms with van der Waals surface area (Å²) in [6, 6.07) is 13.5. The quantitative estimate of drug-likeness (QED) is 0.768. The molecule has 0 unspecified atom stereocenters. The van der Waals surface area contributed by atoms with Crippen LogP contribution >= 0.6 is 0 Å². The number of benzene rings is 1. The summed E-state index contributed by atoms with van der Waals surface area (Å²) in [6.07, 6.45) is 4.30. The highest BCUT2D eigenvalue weighted by atomic mass is 16.5. The fraction of sp³-hybridized carbons (Fsp3) is 0.211. The number of pyridine rings is 1. The molecule has 3 aromatic rings. The number of nitrogens with zero attached hydrogens (tertiary/aromatic N) is 2. The molecule has 6 heteroatoms. The molecule has 0 bridgehead atoms. The molecule has 4 rings (SSSR count). The number of carbonyl (C=O) groups is 1. The fourth-order valence-corrected chi connectivity index (χ4v) is 2.96. The maximum atomic E-state index is 12.3. The molecule has 6 nitrogen and oxygen atoms in total. The topological polar surface area (TPSA) is 79.9 Å². The van der Waals surface area contributed by atoms with Gasteiger partial charge in [0.15, 0.2) is 0 Å². The highest BCUT2D eigenvalue weighted by Gasteiger charge is 2.20. The van der Waals surface area contributed by atoms with Crippen molar-refractivity contribution in [2.75, 3.05) is 13.2 Å². The Bertz CT molecular complexity index is 876. The van der Waals surface area contributed by atoms with Gasteiger partial charge in [-0.15, -0.1) is 0 Å². The van der Waals surface area contributed by atoms with E-state index in [-0.39, 0.29) is 11.8 Å². The molecule has 0 radical (unpaired) electrons. The Morgan fingerprint density at radius 1 is 1.24 bits per heavy atom. The van der Waals surface area contributed by atoms with Crippen molar-refractivity contribution in [1.82, 2.24) is 20.5 Å². The first-order valence-corrected chi connectivity index (χ1v) is 8.24. The van der Waals surface area contributed by atoms with Crippen molar-refractivity contribution in [2.24, 2.45) is 5.92 Å². The second-order valence-electron chi connectivity index (χ2n) is 6.10. The Morgan fingerprint density at radius 3 is 2.96 bits per heavy atom. The van der Waals surface area contributed by atoms with E-state index in [1.807, 2.05) is 30.3 Å². The number of rotatable bonds is 4. The van der Waals surface area contributed by atoms with Gasteiger partial charge in [0.1, 0.15) is 11.4 Å². The van der Waals surface area contributed by atoms with E-state index in [9.17, 15) is 4.79 Å². The summed E-state index contributed by atoms with van der Waals surface area (Å²) in [7, 11) is 0. The van der Waals surface area contributed by atoms with Gasteiger partial charge in [-0.1, -0.05) is 18.2 Å². The standard InChI is InChI=1S/C19H18N4O2/c24-19(17-10-16(22-23-17)14-5-7-20-8-6-14)21-11-13-9-15-3-1-2-4-18(15)25-12-13/h1-8,10,13H,9,11-12H2,(H,21,24)(H,22,23)/t13-/m0/s1. The molecule has 0 spiro atoms. The minimum absolute atomic E-state index is 0.160. The summed E-state index contributed by atoms with van der Waals surface area (Å²) in [4.78, 5) is 16.3. The van der Waals surface area contributed by atoms with E-state index in [1.165, 1.54) is 5.56 Å². The van der Waals surface area contributed by atoms with Crippen LogP contribution < -0.4 is 10.1 Å². The molecule has 1 aliphatic rings. The highest BCUT2D eigenvalue weighted by molar-refractivity contribution is 5.93. The van der Waals surface area contributed by atoms with Gasteiger partial charge < -0.3 is 10.1 Å². The average Bonchev–Trinajstić information content (AvgIpc) is 3.17. The molecule has 1 amide bonds. The van der Waals surface area contributed by atoms with Gasteiger partial charge in [0.25, 0.3) is 5.91 Å². The van der Waals surface area contributed by atoms with Crippen molar-refractivity contribution in [3.05, 3.63) is 66.1 Å². The number of ether oxygens (including phenoxy) is 1. The summed E-state index contributed by atoms with van der Waals surface area (Å²) < 4.78 is 5.76. The van der Waals surface area contributed by atoms with Gasteiger partial charge in [0, 0.05) is 30.4 Å². The lowest BCUT2D eigenvalue weighted by Gasteiger charge is -2.25. The Kier molecular flexibility index (Phi) is 4.16. The number of hydrogen-bond donors (Lipinski definition) is 2. The van der Waals surface area contributed by atoms with E-state index in [1.54, 1.807) is 18.5 Å². The molecule has 0 saturated heterocycles. The van der Waals surface area contributed by atoms with Crippen LogP contribution in [0.5, 0.6) is 5.75 Å². The SMILES string of the molecule is O=C(NC[C@H]1COc2ccccc2C1)c1cc(-c2ccncc2)n[nH]1. The first-order valence-electron chi connectivity index (χ1n) is 8.24. The largest absolute Gasteiger partial charge is 0.493 e. The molecule has 25 heavy (non-hydrogen) atoms. The molecular formula is C19H18N4O2. The molecule has 1 aromatic carbocycles. The second-order valence-corrected chi connectivity index (χ2v) is 6.10. The van der Waals surface area contributed by atoms with Crippen LogP contribution in [0.4, 0.5) is 0 Å². The van der Waals surface area contributed by atoms with E-state index in [4.69, 9.17) is 4.74 Å². The first kappa shape index (κ1) is 15.4. The molecule has 126 valence electrons. The predicted octanol–water partition coefficient (Wildman–Crippen LogP) is 2.45. The minimum Gasteiger partial charge on any atom is -0.493 e. The zero-order valence-electron chi connectivity index (χ0n) is 13.6. The van der Waals surface area contributed by atoms with Gasteiger partial charge in [-0.3, -0.25) is 14.9 Å². The lowest BCUT2D eigenvalue weighted by Crippen LogP contribution is -2.34. The van der Waals surface area contributed by atoms with E-state index in [2.05, 4.69) is 26.6 Å². The molecule has 1 aliphatic heterocycles. The van der Waals surface area contributed by atoms with Crippen LogP contribution in [-0.2, 0) is 6.42 Å². The number of fused-ring (bicyclic) bond motifs is 1. The summed E-state index contributed by atoms with van der Waals surface area (Å²) in [6.45, 7) is 1.18. The maximum Gasteiger partial charge on any atom is 0.269 e. The second kappa shape index (κ2) is 6.76. The van der Waals surface area contributed by atoms with Crippen molar-refractivity contribution < 1.29 is 9.53 Å². The third-order valence-corrected chi connectivity index (χ3v) is 4.31. The summed E-state index contributed by atoms with van der Waals surface area (Å²) in [5.74, 6) is 1.05. The minimum atomic E-state index is -0.160. The number of aromatic nitrogens is 3. The Labute approximate surface area is 145 Å². The van der Waals surface area contributed by atoms with Crippen molar-refractivity contribution in [3.63, 3.8) is 0 Å². The molecule has 1 atom stereocenters. The third-order valence-electron chi connectivity index (χ3n) is 4.31. The zero-order valence-corrected chi connectivity index (χ0v) is 13.6. The smallest absolute Gasteiger partial charge is 0.269 e. The van der Waals surface area contributed by atoms with Crippen molar-refractivity contribution in [1.29, 1.82) is 0 Å². The fourth-order valence-electron chi connectivity index (χ4n) is 2.96. The number of hydrogen-bond acceptors (Lipinski definition) is 4. The van der Waals surface area contributed by atoms with Crippen LogP contribution in [0.15, 0.2) is 54.9 Å². The van der Waals surface area contributed by atoms with Crippen LogP contribution in [0.2, 0.25) is 0 Å². The van der Waals surface area contributed by atoms with Gasteiger partial charge in [-0.2, -0.15) is 5.10 Å². The number of amides is 1. The molecule has 0 saturated carbocycles. The van der Waals surface area contributed by atoms with Gasteiger partial charge in [0.2, 0.25) is 0 Å². The average molecular weight is 334 g/mol. The van der Waals surface area contributed by atoms with Crippen LogP contribution in [-0.4, -0.2) is 34.2 Å². The van der Waals surface area contributed by atoms with E-state index >= 15 is 0 Å². The number of H-pyrrole nitrogens is 1. The van der Waals surface area contributed by atoms with E-state index in [0.717, 1.165) is 23.4 Å². The first-order chi connectivity index (χ1) is 12.3. The molecular weight excluding hydrogens is 316 g/mol. The number of para-hydroxylation sites is 1. The van der Waals surface area contributed by atoms with Crippen molar-refractivity contribution in [2.45, 2.75) is 6.42 Å². The van der Waals surface area contributed by atoms with Crippen LogP contribution in [0.3, 0.4) is 0 Å². The monoisotopic (exact) mass is 334 g/mol. The molecule has 0 aliphatic carbocycles. The van der Waals surface area contributed by atoms with E-state index < -0.39 is 0 Å². The number of carbonyl (C=O) groups excluding carboxylic acids is 1. The Balaban J connectivity index is 1.36. The lowest BCUT2D eigenvalue weighted by atomic mass is 9.97. The van der Waals surface area contributed by atoms with Gasteiger partial charge in [-0.25, -0.2) is 0 Å². The third kappa shape index (κ3) is 3.38.